The van der Waals surface area contributed by atoms with Gasteiger partial charge >= 0.3 is 0 Å². The third kappa shape index (κ3) is 2.71. The van der Waals surface area contributed by atoms with Crippen LogP contribution >= 0.6 is 0 Å². The van der Waals surface area contributed by atoms with E-state index in [0.29, 0.717) is 17.1 Å². The quantitative estimate of drug-likeness (QED) is 0.680. The molecule has 1 N–H and O–H groups in total. The van der Waals surface area contributed by atoms with Gasteiger partial charge in [0.05, 0.1) is 5.57 Å². The van der Waals surface area contributed by atoms with Gasteiger partial charge in [-0.3, -0.25) is 14.4 Å². The van der Waals surface area contributed by atoms with E-state index in [0.717, 1.165) is 0 Å². The zero-order valence-corrected chi connectivity index (χ0v) is 14.9. The van der Waals surface area contributed by atoms with E-state index in [1.54, 1.807) is 43.0 Å². The fourth-order valence-corrected chi connectivity index (χ4v) is 3.38. The van der Waals surface area contributed by atoms with Crippen LogP contribution in [0, 0.1) is 0 Å². The van der Waals surface area contributed by atoms with Gasteiger partial charge in [-0.1, -0.05) is 36.4 Å². The Labute approximate surface area is 152 Å². The first-order valence-electron chi connectivity index (χ1n) is 8.35. The molecule has 26 heavy (non-hydrogen) atoms. The van der Waals surface area contributed by atoms with Crippen molar-refractivity contribution in [2.75, 3.05) is 10.2 Å². The van der Waals surface area contributed by atoms with Gasteiger partial charge in [0, 0.05) is 17.1 Å². The molecule has 5 heteroatoms. The van der Waals surface area contributed by atoms with Gasteiger partial charge < -0.3 is 10.2 Å². The Morgan fingerprint density at radius 3 is 2.04 bits per heavy atom. The first-order chi connectivity index (χ1) is 12.4. The second kappa shape index (κ2) is 6.59. The third-order valence-corrected chi connectivity index (χ3v) is 4.65. The molecule has 132 valence electrons. The van der Waals surface area contributed by atoms with Crippen LogP contribution < -0.4 is 10.2 Å². The SMILES string of the molecule is CC(=O)C1=C(C)N(c2ccccc2)C(C)(C(=O)Nc2ccccc2)C1=O. The summed E-state index contributed by atoms with van der Waals surface area (Å²) >= 11 is 0. The maximum atomic E-state index is 13.1. The van der Waals surface area contributed by atoms with Gasteiger partial charge in [0.25, 0.3) is 5.91 Å². The van der Waals surface area contributed by atoms with Crippen molar-refractivity contribution in [1.82, 2.24) is 0 Å². The normalized spacial score (nSPS) is 19.7. The lowest BCUT2D eigenvalue weighted by molar-refractivity contribution is -0.129. The number of para-hydroxylation sites is 2. The summed E-state index contributed by atoms with van der Waals surface area (Å²) in [6, 6.07) is 18.1. The van der Waals surface area contributed by atoms with Crippen molar-refractivity contribution in [3.8, 4) is 0 Å². The van der Waals surface area contributed by atoms with Crippen LogP contribution in [0.15, 0.2) is 71.9 Å². The van der Waals surface area contributed by atoms with Crippen LogP contribution in [0.1, 0.15) is 20.8 Å². The maximum absolute atomic E-state index is 13.1. The fraction of sp³-hybridized carbons (Fsp3) is 0.190. The van der Waals surface area contributed by atoms with E-state index in [1.165, 1.54) is 6.92 Å². The molecule has 1 aliphatic heterocycles. The number of amides is 1. The lowest BCUT2D eigenvalue weighted by Crippen LogP contribution is -2.56. The predicted octanol–water partition coefficient (Wildman–Crippen LogP) is 3.34. The van der Waals surface area contributed by atoms with E-state index in [9.17, 15) is 14.4 Å². The molecule has 2 aromatic rings. The first-order valence-corrected chi connectivity index (χ1v) is 8.35. The number of hydrogen-bond acceptors (Lipinski definition) is 4. The minimum Gasteiger partial charge on any atom is -0.324 e. The molecule has 2 aromatic carbocycles. The number of allylic oxidation sites excluding steroid dienone is 1. The van der Waals surface area contributed by atoms with Gasteiger partial charge in [-0.05, 0) is 45.0 Å². The highest BCUT2D eigenvalue weighted by Gasteiger charge is 2.55. The van der Waals surface area contributed by atoms with E-state index < -0.39 is 17.2 Å². The van der Waals surface area contributed by atoms with Crippen molar-refractivity contribution >= 4 is 28.8 Å². The first kappa shape index (κ1) is 17.6. The number of benzene rings is 2. The van der Waals surface area contributed by atoms with Gasteiger partial charge in [-0.2, -0.15) is 0 Å². The Balaban J connectivity index is 2.09. The summed E-state index contributed by atoms with van der Waals surface area (Å²) in [4.78, 5) is 40.0. The standard InChI is InChI=1S/C21H20N2O3/c1-14-18(15(2)24)19(25)21(3,23(14)17-12-8-5-9-13-17)20(26)22-16-10-6-4-7-11-16/h4-13H,1-3H3,(H,22,26). The van der Waals surface area contributed by atoms with Gasteiger partial charge in [-0.15, -0.1) is 0 Å². The maximum Gasteiger partial charge on any atom is 0.258 e. The molecule has 1 unspecified atom stereocenters. The van der Waals surface area contributed by atoms with Gasteiger partial charge in [-0.25, -0.2) is 0 Å². The van der Waals surface area contributed by atoms with Crippen LogP contribution in [0.25, 0.3) is 0 Å². The molecule has 0 saturated heterocycles. The molecule has 1 heterocycles. The number of nitrogens with one attached hydrogen (secondary N) is 1. The molecule has 0 bridgehead atoms. The minimum absolute atomic E-state index is 0.0690. The molecule has 0 spiro atoms. The average Bonchev–Trinajstić information content (AvgIpc) is 2.83. The predicted molar refractivity (Wildman–Crippen MR) is 101 cm³/mol. The minimum atomic E-state index is -1.54. The molecule has 0 fully saturated rings. The number of nitrogens with zero attached hydrogens (tertiary/aromatic N) is 1. The van der Waals surface area contributed by atoms with Crippen LogP contribution in [0.3, 0.4) is 0 Å². The summed E-state index contributed by atoms with van der Waals surface area (Å²) in [6.45, 7) is 4.60. The van der Waals surface area contributed by atoms with E-state index in [4.69, 9.17) is 0 Å². The van der Waals surface area contributed by atoms with Crippen LogP contribution in [-0.4, -0.2) is 23.0 Å². The van der Waals surface area contributed by atoms with E-state index in [2.05, 4.69) is 5.32 Å². The van der Waals surface area contributed by atoms with Gasteiger partial charge in [0.2, 0.25) is 5.78 Å². The van der Waals surface area contributed by atoms with Crippen LogP contribution in [0.4, 0.5) is 11.4 Å². The van der Waals surface area contributed by atoms with Gasteiger partial charge in [0.15, 0.2) is 11.3 Å². The number of ketones is 2. The summed E-state index contributed by atoms with van der Waals surface area (Å²) in [5, 5.41) is 2.80. The molecule has 0 radical (unpaired) electrons. The second-order valence-corrected chi connectivity index (χ2v) is 6.41. The molecule has 1 atom stereocenters. The summed E-state index contributed by atoms with van der Waals surface area (Å²) in [7, 11) is 0. The Kier molecular flexibility index (Phi) is 4.47. The van der Waals surface area contributed by atoms with Crippen molar-refractivity contribution in [1.29, 1.82) is 0 Å². The largest absolute Gasteiger partial charge is 0.324 e. The molecular weight excluding hydrogens is 328 g/mol. The van der Waals surface area contributed by atoms with Crippen LogP contribution in [0.2, 0.25) is 0 Å². The Hall–Kier alpha value is -3.21. The Morgan fingerprint density at radius 1 is 0.962 bits per heavy atom. The number of rotatable bonds is 4. The number of hydrogen-bond donors (Lipinski definition) is 1. The van der Waals surface area contributed by atoms with Crippen LogP contribution in [-0.2, 0) is 14.4 Å². The molecule has 5 nitrogen and oxygen atoms in total. The summed E-state index contributed by atoms with van der Waals surface area (Å²) in [5.74, 6) is -1.31. The van der Waals surface area contributed by atoms with E-state index in [1.807, 2.05) is 36.4 Å². The summed E-state index contributed by atoms with van der Waals surface area (Å²) in [5.41, 5.74) is 0.287. The molecule has 0 saturated carbocycles. The third-order valence-electron chi connectivity index (χ3n) is 4.65. The van der Waals surface area contributed by atoms with Crippen molar-refractivity contribution in [2.24, 2.45) is 0 Å². The highest BCUT2D eigenvalue weighted by molar-refractivity contribution is 6.35. The highest BCUT2D eigenvalue weighted by atomic mass is 16.2. The van der Waals surface area contributed by atoms with E-state index >= 15 is 0 Å². The van der Waals surface area contributed by atoms with Crippen LogP contribution in [0.5, 0.6) is 0 Å². The Morgan fingerprint density at radius 2 is 1.50 bits per heavy atom. The van der Waals surface area contributed by atoms with Crippen molar-refractivity contribution in [2.45, 2.75) is 26.3 Å². The molecule has 3 rings (SSSR count). The zero-order chi connectivity index (χ0) is 18.9. The lowest BCUT2D eigenvalue weighted by atomic mass is 9.91. The monoisotopic (exact) mass is 348 g/mol. The summed E-state index contributed by atoms with van der Waals surface area (Å²) in [6.07, 6.45) is 0. The van der Waals surface area contributed by atoms with Crippen molar-refractivity contribution in [3.63, 3.8) is 0 Å². The smallest absolute Gasteiger partial charge is 0.258 e. The topological polar surface area (TPSA) is 66.5 Å². The Bertz CT molecular complexity index is 903. The lowest BCUT2D eigenvalue weighted by Gasteiger charge is -2.35. The average molecular weight is 348 g/mol. The highest BCUT2D eigenvalue weighted by Crippen LogP contribution is 2.39. The number of carbonyl (C=O) groups is 3. The molecule has 1 aliphatic rings. The van der Waals surface area contributed by atoms with Crippen molar-refractivity contribution < 1.29 is 14.4 Å². The molecular formula is C21H20N2O3. The number of anilines is 2. The number of Topliss-reactive ketones (excluding diaryl/α,β-unsaturated/α-hetero) is 2. The molecule has 0 aromatic heterocycles. The second-order valence-electron chi connectivity index (χ2n) is 6.41. The van der Waals surface area contributed by atoms with E-state index in [-0.39, 0.29) is 11.4 Å². The summed E-state index contributed by atoms with van der Waals surface area (Å²) < 4.78 is 0. The molecule has 0 aliphatic carbocycles. The molecule has 1 amide bonds. The zero-order valence-electron chi connectivity index (χ0n) is 14.9. The number of carbonyl (C=O) groups excluding carboxylic acids is 3. The van der Waals surface area contributed by atoms with Gasteiger partial charge in [0.1, 0.15) is 0 Å². The van der Waals surface area contributed by atoms with Crippen molar-refractivity contribution in [3.05, 3.63) is 71.9 Å². The fourth-order valence-electron chi connectivity index (χ4n) is 3.38.